The SMILES string of the molecule is OCC(F)(F)c1ccc(SCC(F)(F)F)cc1. The zero-order chi connectivity index (χ0) is 13.1. The number of hydrogen-bond donors (Lipinski definition) is 1. The number of aliphatic hydroxyl groups is 1. The fourth-order valence-corrected chi connectivity index (χ4v) is 1.71. The van der Waals surface area contributed by atoms with Gasteiger partial charge in [0.2, 0.25) is 0 Å². The molecule has 1 nitrogen and oxygen atoms in total. The second-order valence-electron chi connectivity index (χ2n) is 3.29. The van der Waals surface area contributed by atoms with Crippen LogP contribution in [0.3, 0.4) is 0 Å². The van der Waals surface area contributed by atoms with Crippen LogP contribution < -0.4 is 0 Å². The van der Waals surface area contributed by atoms with Gasteiger partial charge >= 0.3 is 6.18 Å². The number of alkyl halides is 5. The molecule has 0 saturated heterocycles. The first-order chi connectivity index (χ1) is 7.74. The number of thioether (sulfide) groups is 1. The van der Waals surface area contributed by atoms with Crippen LogP contribution in [-0.2, 0) is 5.92 Å². The molecule has 0 fully saturated rings. The van der Waals surface area contributed by atoms with Crippen LogP contribution in [-0.4, -0.2) is 23.6 Å². The summed E-state index contributed by atoms with van der Waals surface area (Å²) in [6.07, 6.45) is -4.29. The molecule has 0 spiro atoms. The molecular formula is C10H9F5OS. The Hall–Kier alpha value is -0.820. The molecule has 7 heteroatoms. The molecule has 0 saturated carbocycles. The van der Waals surface area contributed by atoms with Crippen LogP contribution in [0.2, 0.25) is 0 Å². The van der Waals surface area contributed by atoms with Gasteiger partial charge in [0.05, 0.1) is 5.75 Å². The van der Waals surface area contributed by atoms with E-state index in [0.717, 1.165) is 12.1 Å². The molecule has 1 N–H and O–H groups in total. The van der Waals surface area contributed by atoms with Crippen molar-refractivity contribution >= 4 is 11.8 Å². The van der Waals surface area contributed by atoms with E-state index in [1.807, 2.05) is 0 Å². The Bertz CT molecular complexity index is 360. The zero-order valence-electron chi connectivity index (χ0n) is 8.47. The number of benzene rings is 1. The van der Waals surface area contributed by atoms with Crippen molar-refractivity contribution < 1.29 is 27.1 Å². The van der Waals surface area contributed by atoms with Crippen molar-refractivity contribution in [1.82, 2.24) is 0 Å². The smallest absolute Gasteiger partial charge is 0.390 e. The van der Waals surface area contributed by atoms with Gasteiger partial charge in [-0.05, 0) is 12.1 Å². The third kappa shape index (κ3) is 4.51. The fraction of sp³-hybridized carbons (Fsp3) is 0.400. The van der Waals surface area contributed by atoms with Crippen LogP contribution in [0.4, 0.5) is 22.0 Å². The average Bonchev–Trinajstić information content (AvgIpc) is 2.26. The highest BCUT2D eigenvalue weighted by Crippen LogP contribution is 2.31. The molecule has 1 aromatic rings. The number of halogens is 5. The largest absolute Gasteiger partial charge is 0.398 e. The van der Waals surface area contributed by atoms with E-state index in [4.69, 9.17) is 5.11 Å². The van der Waals surface area contributed by atoms with Gasteiger partial charge in [-0.3, -0.25) is 0 Å². The maximum Gasteiger partial charge on any atom is 0.398 e. The Kier molecular flexibility index (Phi) is 4.37. The number of hydrogen-bond acceptors (Lipinski definition) is 2. The topological polar surface area (TPSA) is 20.2 Å². The monoisotopic (exact) mass is 272 g/mol. The first-order valence-electron chi connectivity index (χ1n) is 4.53. The minimum atomic E-state index is -4.29. The lowest BCUT2D eigenvalue weighted by atomic mass is 10.1. The van der Waals surface area contributed by atoms with E-state index in [1.54, 1.807) is 0 Å². The molecule has 0 amide bonds. The summed E-state index contributed by atoms with van der Waals surface area (Å²) in [5.41, 5.74) is -0.420. The van der Waals surface area contributed by atoms with Gasteiger partial charge in [0.25, 0.3) is 5.92 Å². The standard InChI is InChI=1S/C10H9F5OS/c11-9(12,5-16)7-1-3-8(4-2-7)17-6-10(13,14)15/h1-4,16H,5-6H2. The van der Waals surface area contributed by atoms with Crippen LogP contribution in [0.15, 0.2) is 29.2 Å². The summed E-state index contributed by atoms with van der Waals surface area (Å²) in [4.78, 5) is 0.250. The maximum absolute atomic E-state index is 13.0. The van der Waals surface area contributed by atoms with Crippen LogP contribution >= 0.6 is 11.8 Å². The molecule has 96 valence electrons. The summed E-state index contributed by atoms with van der Waals surface area (Å²) in [7, 11) is 0. The molecule has 0 atom stereocenters. The minimum absolute atomic E-state index is 0.250. The minimum Gasteiger partial charge on any atom is -0.390 e. The molecule has 0 bridgehead atoms. The average molecular weight is 272 g/mol. The molecule has 1 aromatic carbocycles. The third-order valence-corrected chi connectivity index (χ3v) is 2.95. The summed E-state index contributed by atoms with van der Waals surface area (Å²) >= 11 is 0.522. The summed E-state index contributed by atoms with van der Waals surface area (Å²) in [6, 6.07) is 4.37. The molecule has 1 rings (SSSR count). The molecule has 0 aromatic heterocycles. The van der Waals surface area contributed by atoms with Crippen molar-refractivity contribution in [3.63, 3.8) is 0 Å². The third-order valence-electron chi connectivity index (χ3n) is 1.88. The highest BCUT2D eigenvalue weighted by Gasteiger charge is 2.30. The molecular weight excluding hydrogens is 263 g/mol. The lowest BCUT2D eigenvalue weighted by molar-refractivity contribution is -0.105. The van der Waals surface area contributed by atoms with E-state index >= 15 is 0 Å². The van der Waals surface area contributed by atoms with Gasteiger partial charge in [0.1, 0.15) is 6.61 Å². The quantitative estimate of drug-likeness (QED) is 0.669. The van der Waals surface area contributed by atoms with Gasteiger partial charge in [0, 0.05) is 10.5 Å². The number of rotatable bonds is 4. The molecule has 0 unspecified atom stereocenters. The predicted molar refractivity (Wildman–Crippen MR) is 54.2 cm³/mol. The Morgan fingerprint density at radius 3 is 1.94 bits per heavy atom. The van der Waals surface area contributed by atoms with E-state index in [1.165, 1.54) is 12.1 Å². The van der Waals surface area contributed by atoms with Crippen molar-refractivity contribution in [2.75, 3.05) is 12.4 Å². The van der Waals surface area contributed by atoms with Gasteiger partial charge in [-0.25, -0.2) is 0 Å². The van der Waals surface area contributed by atoms with Crippen LogP contribution in [0.1, 0.15) is 5.56 Å². The molecule has 0 aliphatic rings. The second-order valence-corrected chi connectivity index (χ2v) is 4.34. The Balaban J connectivity index is 2.69. The van der Waals surface area contributed by atoms with Crippen LogP contribution in [0.25, 0.3) is 0 Å². The van der Waals surface area contributed by atoms with Gasteiger partial charge in [0.15, 0.2) is 0 Å². The Morgan fingerprint density at radius 2 is 1.53 bits per heavy atom. The molecule has 0 aliphatic heterocycles. The van der Waals surface area contributed by atoms with E-state index in [-0.39, 0.29) is 4.90 Å². The van der Waals surface area contributed by atoms with E-state index in [9.17, 15) is 22.0 Å². The van der Waals surface area contributed by atoms with Crippen molar-refractivity contribution in [3.8, 4) is 0 Å². The first-order valence-corrected chi connectivity index (χ1v) is 5.52. The summed E-state index contributed by atoms with van der Waals surface area (Å²) < 4.78 is 61.6. The summed E-state index contributed by atoms with van der Waals surface area (Å²) in [6.45, 7) is -1.33. The van der Waals surface area contributed by atoms with Crippen LogP contribution in [0.5, 0.6) is 0 Å². The maximum atomic E-state index is 13.0. The van der Waals surface area contributed by atoms with Crippen molar-refractivity contribution in [2.24, 2.45) is 0 Å². The Labute approximate surface area is 98.6 Å². The van der Waals surface area contributed by atoms with E-state index in [2.05, 4.69) is 0 Å². The van der Waals surface area contributed by atoms with Gasteiger partial charge in [-0.15, -0.1) is 11.8 Å². The van der Waals surface area contributed by atoms with E-state index in [0.29, 0.717) is 11.8 Å². The van der Waals surface area contributed by atoms with Crippen molar-refractivity contribution in [2.45, 2.75) is 17.0 Å². The van der Waals surface area contributed by atoms with Crippen LogP contribution in [0, 0.1) is 0 Å². The van der Waals surface area contributed by atoms with Crippen molar-refractivity contribution in [1.29, 1.82) is 0 Å². The second kappa shape index (κ2) is 5.22. The van der Waals surface area contributed by atoms with Gasteiger partial charge in [-0.2, -0.15) is 22.0 Å². The normalized spacial score (nSPS) is 12.8. The van der Waals surface area contributed by atoms with Crippen molar-refractivity contribution in [3.05, 3.63) is 29.8 Å². The van der Waals surface area contributed by atoms with E-state index < -0.39 is 30.0 Å². The fourth-order valence-electron chi connectivity index (χ4n) is 1.05. The first kappa shape index (κ1) is 14.2. The Morgan fingerprint density at radius 1 is 1.00 bits per heavy atom. The highest BCUT2D eigenvalue weighted by molar-refractivity contribution is 7.99. The lowest BCUT2D eigenvalue weighted by Gasteiger charge is -2.13. The molecule has 0 radical (unpaired) electrons. The number of aliphatic hydroxyl groups excluding tert-OH is 1. The molecule has 0 heterocycles. The van der Waals surface area contributed by atoms with Gasteiger partial charge in [-0.1, -0.05) is 12.1 Å². The predicted octanol–water partition coefficient (Wildman–Crippen LogP) is 3.43. The lowest BCUT2D eigenvalue weighted by Crippen LogP contribution is -2.18. The zero-order valence-corrected chi connectivity index (χ0v) is 9.29. The summed E-state index contributed by atoms with van der Waals surface area (Å²) in [5, 5.41) is 8.42. The molecule has 17 heavy (non-hydrogen) atoms. The molecule has 0 aliphatic carbocycles. The van der Waals surface area contributed by atoms with Gasteiger partial charge < -0.3 is 5.11 Å². The highest BCUT2D eigenvalue weighted by atomic mass is 32.2. The summed E-state index contributed by atoms with van der Waals surface area (Å²) in [5.74, 6) is -4.43.